The van der Waals surface area contributed by atoms with Crippen LogP contribution in [0.15, 0.2) is 73.2 Å². The first kappa shape index (κ1) is 24.2. The number of aromatic amines is 1. The van der Waals surface area contributed by atoms with E-state index >= 15 is 0 Å². The number of carbonyl (C=O) groups excluding carboxylic acids is 4. The van der Waals surface area contributed by atoms with Gasteiger partial charge in [-0.25, -0.2) is 9.78 Å². The van der Waals surface area contributed by atoms with Gasteiger partial charge in [0, 0.05) is 24.7 Å². The normalized spacial score (nSPS) is 12.2. The van der Waals surface area contributed by atoms with Crippen molar-refractivity contribution in [2.75, 3.05) is 0 Å². The number of amides is 3. The molecule has 10 heteroatoms. The van der Waals surface area contributed by atoms with E-state index in [-0.39, 0.29) is 19.4 Å². The second kappa shape index (κ2) is 12.0. The molecule has 3 amide bonds. The summed E-state index contributed by atoms with van der Waals surface area (Å²) in [5.41, 5.74) is 7.25. The van der Waals surface area contributed by atoms with Crippen LogP contribution in [0.1, 0.15) is 16.8 Å². The molecule has 0 radical (unpaired) electrons. The Kier molecular flexibility index (Phi) is 8.50. The van der Waals surface area contributed by atoms with E-state index in [9.17, 15) is 19.2 Å². The molecule has 2 aromatic carbocycles. The Morgan fingerprint density at radius 2 is 1.53 bits per heavy atom. The molecule has 0 fully saturated rings. The first-order valence-corrected chi connectivity index (χ1v) is 10.5. The fourth-order valence-corrected chi connectivity index (χ4v) is 3.24. The van der Waals surface area contributed by atoms with Gasteiger partial charge < -0.3 is 26.1 Å². The molecule has 0 aliphatic carbocycles. The van der Waals surface area contributed by atoms with E-state index in [1.165, 1.54) is 12.5 Å². The number of primary amides is 1. The fourth-order valence-electron chi connectivity index (χ4n) is 3.24. The van der Waals surface area contributed by atoms with Gasteiger partial charge in [-0.2, -0.15) is 0 Å². The van der Waals surface area contributed by atoms with Crippen molar-refractivity contribution in [3.8, 4) is 0 Å². The van der Waals surface area contributed by atoms with Gasteiger partial charge in [-0.1, -0.05) is 60.7 Å². The van der Waals surface area contributed by atoms with Crippen molar-refractivity contribution in [1.29, 1.82) is 0 Å². The molecular weight excluding hydrogens is 438 g/mol. The molecule has 0 saturated heterocycles. The number of hydrogen-bond acceptors (Lipinski definition) is 6. The van der Waals surface area contributed by atoms with Gasteiger partial charge in [0.1, 0.15) is 18.7 Å². The van der Waals surface area contributed by atoms with Crippen molar-refractivity contribution in [3.63, 3.8) is 0 Å². The van der Waals surface area contributed by atoms with Crippen LogP contribution in [0.5, 0.6) is 0 Å². The van der Waals surface area contributed by atoms with Crippen LogP contribution in [0.25, 0.3) is 0 Å². The minimum Gasteiger partial charge on any atom is -0.445 e. The van der Waals surface area contributed by atoms with Crippen molar-refractivity contribution in [2.24, 2.45) is 5.73 Å². The number of nitrogens with one attached hydrogen (secondary N) is 3. The van der Waals surface area contributed by atoms with Gasteiger partial charge in [0.2, 0.25) is 11.7 Å². The number of nitrogens with two attached hydrogens (primary N) is 1. The summed E-state index contributed by atoms with van der Waals surface area (Å²) in [7, 11) is 0. The number of rotatable bonds is 11. The predicted octanol–water partition coefficient (Wildman–Crippen LogP) is 1.03. The van der Waals surface area contributed by atoms with E-state index < -0.39 is 35.8 Å². The van der Waals surface area contributed by atoms with E-state index in [0.717, 1.165) is 11.1 Å². The molecule has 34 heavy (non-hydrogen) atoms. The van der Waals surface area contributed by atoms with Crippen molar-refractivity contribution in [3.05, 3.63) is 90.0 Å². The lowest BCUT2D eigenvalue weighted by Gasteiger charge is -2.22. The van der Waals surface area contributed by atoms with Crippen molar-refractivity contribution >= 4 is 23.7 Å². The molecule has 0 aliphatic heterocycles. The van der Waals surface area contributed by atoms with E-state index in [2.05, 4.69) is 20.6 Å². The molecule has 10 nitrogen and oxygen atoms in total. The van der Waals surface area contributed by atoms with E-state index in [0.29, 0.717) is 5.69 Å². The molecule has 1 aromatic heterocycles. The Bertz CT molecular complexity index is 1100. The highest BCUT2D eigenvalue weighted by Crippen LogP contribution is 2.07. The fraction of sp³-hybridized carbons (Fsp3) is 0.208. The lowest BCUT2D eigenvalue weighted by Crippen LogP contribution is -2.54. The number of alkyl carbamates (subject to hydrolysis) is 1. The maximum atomic E-state index is 13.1. The summed E-state index contributed by atoms with van der Waals surface area (Å²) in [6.45, 7) is 0.0228. The van der Waals surface area contributed by atoms with Gasteiger partial charge in [-0.05, 0) is 11.1 Å². The summed E-state index contributed by atoms with van der Waals surface area (Å²) in [5.74, 6) is -2.81. The standard InChI is InChI=1S/C24H25N5O5/c25-22(31)21(30)19(12-18-13-26-15-27-18)28-23(32)20(11-16-7-3-1-4-8-16)29-24(33)34-14-17-9-5-2-6-10-17/h1-10,13,15,19-20H,11-12,14H2,(H2,25,31)(H,26,27)(H,28,32)(H,29,33)/t19-,20-/m0/s1. The smallest absolute Gasteiger partial charge is 0.408 e. The maximum Gasteiger partial charge on any atom is 0.408 e. The lowest BCUT2D eigenvalue weighted by molar-refractivity contribution is -0.138. The first-order valence-electron chi connectivity index (χ1n) is 10.5. The Hall–Kier alpha value is -4.47. The zero-order valence-electron chi connectivity index (χ0n) is 18.3. The Morgan fingerprint density at radius 1 is 0.882 bits per heavy atom. The van der Waals surface area contributed by atoms with Crippen LogP contribution < -0.4 is 16.4 Å². The quantitative estimate of drug-likeness (QED) is 0.311. The summed E-state index contributed by atoms with van der Waals surface area (Å²) >= 11 is 0. The average Bonchev–Trinajstić information content (AvgIpc) is 3.36. The number of Topliss-reactive ketones (excluding diaryl/α,β-unsaturated/α-hetero) is 1. The Morgan fingerprint density at radius 3 is 2.12 bits per heavy atom. The number of hydrogen-bond donors (Lipinski definition) is 4. The van der Waals surface area contributed by atoms with Crippen LogP contribution in [0, 0.1) is 0 Å². The van der Waals surface area contributed by atoms with E-state index in [4.69, 9.17) is 10.5 Å². The Labute approximate surface area is 195 Å². The number of H-pyrrole nitrogens is 1. The SMILES string of the molecule is NC(=O)C(=O)[C@H](Cc1cnc[nH]1)NC(=O)[C@H](Cc1ccccc1)NC(=O)OCc1ccccc1. The minimum absolute atomic E-state index is 0.0228. The molecule has 0 aliphatic rings. The second-order valence-corrected chi connectivity index (χ2v) is 7.52. The van der Waals surface area contributed by atoms with E-state index in [1.54, 1.807) is 36.4 Å². The van der Waals surface area contributed by atoms with Crippen molar-refractivity contribution in [1.82, 2.24) is 20.6 Å². The maximum absolute atomic E-state index is 13.1. The highest BCUT2D eigenvalue weighted by molar-refractivity contribution is 6.37. The summed E-state index contributed by atoms with van der Waals surface area (Å²) in [6, 6.07) is 15.8. The number of carbonyl (C=O) groups is 4. The van der Waals surface area contributed by atoms with Gasteiger partial charge in [0.05, 0.1) is 6.33 Å². The van der Waals surface area contributed by atoms with Crippen LogP contribution in [-0.4, -0.2) is 45.7 Å². The monoisotopic (exact) mass is 463 g/mol. The number of imidazole rings is 1. The second-order valence-electron chi connectivity index (χ2n) is 7.52. The predicted molar refractivity (Wildman–Crippen MR) is 122 cm³/mol. The molecule has 3 rings (SSSR count). The van der Waals surface area contributed by atoms with Gasteiger partial charge >= 0.3 is 6.09 Å². The van der Waals surface area contributed by atoms with Crippen molar-refractivity contribution in [2.45, 2.75) is 31.5 Å². The molecule has 2 atom stereocenters. The molecule has 5 N–H and O–H groups in total. The van der Waals surface area contributed by atoms with Crippen LogP contribution in [0.4, 0.5) is 4.79 Å². The molecule has 3 aromatic rings. The van der Waals surface area contributed by atoms with Gasteiger partial charge in [-0.3, -0.25) is 14.4 Å². The first-order chi connectivity index (χ1) is 16.4. The van der Waals surface area contributed by atoms with E-state index in [1.807, 2.05) is 24.3 Å². The third kappa shape index (κ3) is 7.30. The molecule has 0 spiro atoms. The molecule has 0 bridgehead atoms. The largest absolute Gasteiger partial charge is 0.445 e. The molecule has 1 heterocycles. The average molecular weight is 463 g/mol. The van der Waals surface area contributed by atoms with Crippen LogP contribution in [0.3, 0.4) is 0 Å². The highest BCUT2D eigenvalue weighted by Gasteiger charge is 2.30. The summed E-state index contributed by atoms with van der Waals surface area (Å²) in [6.07, 6.45) is 2.18. The molecule has 0 unspecified atom stereocenters. The zero-order chi connectivity index (χ0) is 24.3. The van der Waals surface area contributed by atoms with Gasteiger partial charge in [-0.15, -0.1) is 0 Å². The highest BCUT2D eigenvalue weighted by atomic mass is 16.5. The molecule has 176 valence electrons. The minimum atomic E-state index is -1.23. The van der Waals surface area contributed by atoms with Crippen LogP contribution in [-0.2, 0) is 38.6 Å². The summed E-state index contributed by atoms with van der Waals surface area (Å²) in [4.78, 5) is 56.1. The molecular formula is C24H25N5O5. The van der Waals surface area contributed by atoms with Gasteiger partial charge in [0.25, 0.3) is 5.91 Å². The van der Waals surface area contributed by atoms with Crippen molar-refractivity contribution < 1.29 is 23.9 Å². The number of ether oxygens (including phenoxy) is 1. The number of nitrogens with zero attached hydrogens (tertiary/aromatic N) is 1. The zero-order valence-corrected chi connectivity index (χ0v) is 18.3. The lowest BCUT2D eigenvalue weighted by atomic mass is 10.0. The summed E-state index contributed by atoms with van der Waals surface area (Å²) < 4.78 is 5.24. The third-order valence-corrected chi connectivity index (χ3v) is 4.96. The third-order valence-electron chi connectivity index (χ3n) is 4.96. The summed E-state index contributed by atoms with van der Waals surface area (Å²) in [5, 5.41) is 5.08. The van der Waals surface area contributed by atoms with Gasteiger partial charge in [0.15, 0.2) is 0 Å². The topological polar surface area (TPSA) is 156 Å². The van der Waals surface area contributed by atoms with Crippen LogP contribution in [0.2, 0.25) is 0 Å². The number of ketones is 1. The van der Waals surface area contributed by atoms with Crippen LogP contribution >= 0.6 is 0 Å². The molecule has 0 saturated carbocycles. The number of aromatic nitrogens is 2. The number of benzene rings is 2. The Balaban J connectivity index is 1.72.